The summed E-state index contributed by atoms with van der Waals surface area (Å²) < 4.78 is 10.4. The van der Waals surface area contributed by atoms with E-state index in [1.165, 1.54) is 7.11 Å². The van der Waals surface area contributed by atoms with E-state index in [4.69, 9.17) is 9.47 Å². The third kappa shape index (κ3) is 3.73. The van der Waals surface area contributed by atoms with Crippen molar-refractivity contribution in [3.63, 3.8) is 0 Å². The molecule has 1 heterocycles. The Morgan fingerprint density at radius 3 is 2.50 bits per heavy atom. The van der Waals surface area contributed by atoms with Crippen LogP contribution in [0.5, 0.6) is 0 Å². The van der Waals surface area contributed by atoms with Crippen LogP contribution >= 0.6 is 0 Å². The number of rotatable bonds is 4. The summed E-state index contributed by atoms with van der Waals surface area (Å²) in [5.74, 6) is -0.214. The monoisotopic (exact) mass is 230 g/mol. The molecule has 1 rings (SSSR count). The molecule has 0 aromatic heterocycles. The standard InChI is InChI=1S/C11H22N2O3/c1-8-5-13(6-9(2)16-8)7-10(12-3)11(14)15-4/h8-10,12H,5-7H2,1-4H3. The van der Waals surface area contributed by atoms with Crippen molar-refractivity contribution in [2.24, 2.45) is 0 Å². The average molecular weight is 230 g/mol. The second kappa shape index (κ2) is 6.18. The van der Waals surface area contributed by atoms with Crippen molar-refractivity contribution in [1.29, 1.82) is 0 Å². The number of hydrogen-bond donors (Lipinski definition) is 1. The van der Waals surface area contributed by atoms with Gasteiger partial charge in [0.2, 0.25) is 0 Å². The van der Waals surface area contributed by atoms with E-state index in [9.17, 15) is 4.79 Å². The Bertz CT molecular complexity index is 225. The summed E-state index contributed by atoms with van der Waals surface area (Å²) in [6, 6.07) is -0.262. The summed E-state index contributed by atoms with van der Waals surface area (Å²) in [6.45, 7) is 6.49. The fraction of sp³-hybridized carbons (Fsp3) is 0.909. The first kappa shape index (κ1) is 13.4. The number of carbonyl (C=O) groups is 1. The van der Waals surface area contributed by atoms with E-state index in [-0.39, 0.29) is 24.2 Å². The molecule has 1 aliphatic rings. The lowest BCUT2D eigenvalue weighted by molar-refractivity contribution is -0.144. The van der Waals surface area contributed by atoms with Gasteiger partial charge in [-0.1, -0.05) is 0 Å². The minimum atomic E-state index is -0.262. The smallest absolute Gasteiger partial charge is 0.324 e. The summed E-state index contributed by atoms with van der Waals surface area (Å²) in [4.78, 5) is 13.7. The van der Waals surface area contributed by atoms with E-state index in [2.05, 4.69) is 24.1 Å². The minimum absolute atomic E-state index is 0.214. The first-order chi connectivity index (χ1) is 7.56. The van der Waals surface area contributed by atoms with E-state index < -0.39 is 0 Å². The highest BCUT2D eigenvalue weighted by molar-refractivity contribution is 5.75. The van der Waals surface area contributed by atoms with Crippen LogP contribution < -0.4 is 5.32 Å². The number of methoxy groups -OCH3 is 1. The Labute approximate surface area is 97.1 Å². The van der Waals surface area contributed by atoms with Crippen LogP contribution in [0.3, 0.4) is 0 Å². The first-order valence-corrected chi connectivity index (χ1v) is 5.69. The molecule has 1 aliphatic heterocycles. The molecule has 5 nitrogen and oxygen atoms in total. The van der Waals surface area contributed by atoms with Crippen LogP contribution in [0.1, 0.15) is 13.8 Å². The van der Waals surface area contributed by atoms with Gasteiger partial charge >= 0.3 is 5.97 Å². The summed E-state index contributed by atoms with van der Waals surface area (Å²) in [5, 5.41) is 2.97. The topological polar surface area (TPSA) is 50.8 Å². The van der Waals surface area contributed by atoms with E-state index in [0.717, 1.165) is 13.1 Å². The summed E-state index contributed by atoms with van der Waals surface area (Å²) >= 11 is 0. The highest BCUT2D eigenvalue weighted by Gasteiger charge is 2.26. The molecule has 0 radical (unpaired) electrons. The molecular formula is C11H22N2O3. The number of likely N-dealkylation sites (N-methyl/N-ethyl adjacent to an activating group) is 1. The van der Waals surface area contributed by atoms with Gasteiger partial charge in [0.1, 0.15) is 6.04 Å². The third-order valence-electron chi connectivity index (χ3n) is 2.77. The number of carbonyl (C=O) groups excluding carboxylic acids is 1. The molecule has 16 heavy (non-hydrogen) atoms. The van der Waals surface area contributed by atoms with Gasteiger partial charge in [0, 0.05) is 19.6 Å². The molecule has 0 aliphatic carbocycles. The Hall–Kier alpha value is -0.650. The molecule has 94 valence electrons. The van der Waals surface area contributed by atoms with E-state index >= 15 is 0 Å². The van der Waals surface area contributed by atoms with Gasteiger partial charge < -0.3 is 14.8 Å². The zero-order valence-electron chi connectivity index (χ0n) is 10.5. The van der Waals surface area contributed by atoms with Crippen molar-refractivity contribution in [2.45, 2.75) is 32.1 Å². The van der Waals surface area contributed by atoms with Crippen LogP contribution in [-0.2, 0) is 14.3 Å². The number of ether oxygens (including phenoxy) is 2. The van der Waals surface area contributed by atoms with Gasteiger partial charge in [-0.2, -0.15) is 0 Å². The number of nitrogens with zero attached hydrogens (tertiary/aromatic N) is 1. The zero-order valence-corrected chi connectivity index (χ0v) is 10.5. The Balaban J connectivity index is 2.47. The number of morpholine rings is 1. The van der Waals surface area contributed by atoms with E-state index in [0.29, 0.717) is 6.54 Å². The molecule has 1 saturated heterocycles. The predicted molar refractivity (Wildman–Crippen MR) is 61.3 cm³/mol. The van der Waals surface area contributed by atoms with Gasteiger partial charge in [-0.15, -0.1) is 0 Å². The van der Waals surface area contributed by atoms with Gasteiger partial charge in [0.25, 0.3) is 0 Å². The Kier molecular flexibility index (Phi) is 5.18. The Morgan fingerprint density at radius 1 is 1.50 bits per heavy atom. The molecule has 0 aromatic carbocycles. The zero-order chi connectivity index (χ0) is 12.1. The van der Waals surface area contributed by atoms with Crippen molar-refractivity contribution < 1.29 is 14.3 Å². The molecule has 0 saturated carbocycles. The van der Waals surface area contributed by atoms with Crippen molar-refractivity contribution in [2.75, 3.05) is 33.8 Å². The molecule has 0 bridgehead atoms. The van der Waals surface area contributed by atoms with Crippen molar-refractivity contribution in [3.8, 4) is 0 Å². The molecule has 0 amide bonds. The van der Waals surface area contributed by atoms with Crippen LogP contribution in [-0.4, -0.2) is 62.9 Å². The van der Waals surface area contributed by atoms with Crippen molar-refractivity contribution in [1.82, 2.24) is 10.2 Å². The van der Waals surface area contributed by atoms with E-state index in [1.54, 1.807) is 7.05 Å². The fourth-order valence-corrected chi connectivity index (χ4v) is 2.12. The molecule has 5 heteroatoms. The second-order valence-corrected chi connectivity index (χ2v) is 4.34. The normalized spacial score (nSPS) is 28.8. The maximum atomic E-state index is 11.4. The number of nitrogens with one attached hydrogen (secondary N) is 1. The molecule has 0 spiro atoms. The van der Waals surface area contributed by atoms with Crippen molar-refractivity contribution >= 4 is 5.97 Å². The molecule has 3 unspecified atom stereocenters. The van der Waals surface area contributed by atoms with Gasteiger partial charge in [-0.05, 0) is 20.9 Å². The first-order valence-electron chi connectivity index (χ1n) is 5.69. The quantitative estimate of drug-likeness (QED) is 0.681. The number of esters is 1. The fourth-order valence-electron chi connectivity index (χ4n) is 2.12. The van der Waals surface area contributed by atoms with Crippen LogP contribution in [0.4, 0.5) is 0 Å². The van der Waals surface area contributed by atoms with Gasteiger partial charge in [0.15, 0.2) is 0 Å². The molecule has 0 aromatic rings. The van der Waals surface area contributed by atoms with Crippen molar-refractivity contribution in [3.05, 3.63) is 0 Å². The van der Waals surface area contributed by atoms with Crippen LogP contribution in [0.2, 0.25) is 0 Å². The number of hydrogen-bond acceptors (Lipinski definition) is 5. The van der Waals surface area contributed by atoms with Crippen LogP contribution in [0.25, 0.3) is 0 Å². The summed E-state index contributed by atoms with van der Waals surface area (Å²) in [7, 11) is 3.19. The average Bonchev–Trinajstić information content (AvgIpc) is 2.23. The lowest BCUT2D eigenvalue weighted by atomic mass is 10.2. The lowest BCUT2D eigenvalue weighted by Crippen LogP contribution is -2.52. The predicted octanol–water partition coefficient (Wildman–Crippen LogP) is -0.143. The highest BCUT2D eigenvalue weighted by Crippen LogP contribution is 2.10. The van der Waals surface area contributed by atoms with E-state index in [1.807, 2.05) is 0 Å². The largest absolute Gasteiger partial charge is 0.468 e. The van der Waals surface area contributed by atoms with Crippen LogP contribution in [0.15, 0.2) is 0 Å². The lowest BCUT2D eigenvalue weighted by Gasteiger charge is -2.36. The summed E-state index contributed by atoms with van der Waals surface area (Å²) in [5.41, 5.74) is 0. The van der Waals surface area contributed by atoms with Crippen LogP contribution in [0, 0.1) is 0 Å². The highest BCUT2D eigenvalue weighted by atomic mass is 16.5. The maximum absolute atomic E-state index is 11.4. The molecular weight excluding hydrogens is 208 g/mol. The third-order valence-corrected chi connectivity index (χ3v) is 2.77. The van der Waals surface area contributed by atoms with Gasteiger partial charge in [-0.3, -0.25) is 9.69 Å². The molecule has 3 atom stereocenters. The van der Waals surface area contributed by atoms with Gasteiger partial charge in [-0.25, -0.2) is 0 Å². The summed E-state index contributed by atoms with van der Waals surface area (Å²) in [6.07, 6.45) is 0.442. The second-order valence-electron chi connectivity index (χ2n) is 4.34. The van der Waals surface area contributed by atoms with Gasteiger partial charge in [0.05, 0.1) is 19.3 Å². The minimum Gasteiger partial charge on any atom is -0.468 e. The molecule has 1 N–H and O–H groups in total. The maximum Gasteiger partial charge on any atom is 0.324 e. The SMILES string of the molecule is CNC(CN1CC(C)OC(C)C1)C(=O)OC. The Morgan fingerprint density at radius 2 is 2.06 bits per heavy atom. The molecule has 1 fully saturated rings.